The topological polar surface area (TPSA) is 74.2 Å². The van der Waals surface area contributed by atoms with Crippen LogP contribution in [0.15, 0.2) is 24.5 Å². The van der Waals surface area contributed by atoms with Gasteiger partial charge in [0.05, 0.1) is 11.9 Å². The summed E-state index contributed by atoms with van der Waals surface area (Å²) in [6.07, 6.45) is 7.09. The number of amides is 1. The molecule has 1 fully saturated rings. The molecule has 3 aromatic rings. The third-order valence-electron chi connectivity index (χ3n) is 6.80. The van der Waals surface area contributed by atoms with Crippen LogP contribution in [0.25, 0.3) is 21.6 Å². The molecule has 8 heteroatoms. The Hall–Kier alpha value is -2.58. The van der Waals surface area contributed by atoms with Crippen LogP contribution in [-0.4, -0.2) is 65.0 Å². The number of fused-ring (bicyclic) bond motifs is 3. The van der Waals surface area contributed by atoms with E-state index in [1.54, 1.807) is 6.20 Å². The SMILES string of the molecule is CC(C)CNC(=O)CN1CCN(c2nc(-c3cccnc3)nc3sc4c(c23)CCC(C)C4)CC1. The first-order chi connectivity index (χ1) is 16.5. The zero-order valence-corrected chi connectivity index (χ0v) is 21.2. The van der Waals surface area contributed by atoms with Crippen molar-refractivity contribution in [2.45, 2.75) is 40.0 Å². The largest absolute Gasteiger partial charge is 0.355 e. The number of thiophene rings is 1. The van der Waals surface area contributed by atoms with E-state index < -0.39 is 0 Å². The van der Waals surface area contributed by atoms with Crippen molar-refractivity contribution >= 4 is 33.3 Å². The highest BCUT2D eigenvalue weighted by molar-refractivity contribution is 7.19. The second kappa shape index (κ2) is 9.96. The molecule has 1 atom stereocenters. The number of aryl methyl sites for hydroxylation is 1. The molecule has 0 bridgehead atoms. The average molecular weight is 479 g/mol. The second-order valence-corrected chi connectivity index (χ2v) is 11.2. The van der Waals surface area contributed by atoms with E-state index in [1.807, 2.05) is 29.7 Å². The molecule has 0 spiro atoms. The quantitative estimate of drug-likeness (QED) is 0.581. The monoisotopic (exact) mass is 478 g/mol. The van der Waals surface area contributed by atoms with Crippen LogP contribution in [0, 0.1) is 11.8 Å². The number of pyridine rings is 1. The van der Waals surface area contributed by atoms with Crippen LogP contribution < -0.4 is 10.2 Å². The molecule has 1 N–H and O–H groups in total. The molecule has 0 radical (unpaired) electrons. The first-order valence-corrected chi connectivity index (χ1v) is 13.3. The minimum Gasteiger partial charge on any atom is -0.355 e. The molecule has 4 heterocycles. The summed E-state index contributed by atoms with van der Waals surface area (Å²) in [7, 11) is 0. The third-order valence-corrected chi connectivity index (χ3v) is 7.95. The number of rotatable bonds is 6. The van der Waals surface area contributed by atoms with Gasteiger partial charge in [-0.1, -0.05) is 20.8 Å². The lowest BCUT2D eigenvalue weighted by Crippen LogP contribution is -2.50. The van der Waals surface area contributed by atoms with E-state index in [4.69, 9.17) is 9.97 Å². The summed E-state index contributed by atoms with van der Waals surface area (Å²) in [6, 6.07) is 3.97. The van der Waals surface area contributed by atoms with Crippen LogP contribution in [0.2, 0.25) is 0 Å². The average Bonchev–Trinajstić information content (AvgIpc) is 3.20. The molecular formula is C26H34N6OS. The van der Waals surface area contributed by atoms with Crippen molar-refractivity contribution in [1.29, 1.82) is 0 Å². The third kappa shape index (κ3) is 4.93. The summed E-state index contributed by atoms with van der Waals surface area (Å²) in [5.41, 5.74) is 2.41. The van der Waals surface area contributed by atoms with Gasteiger partial charge in [-0.05, 0) is 48.8 Å². The molecule has 5 rings (SSSR count). The van der Waals surface area contributed by atoms with E-state index in [-0.39, 0.29) is 5.91 Å². The number of piperazine rings is 1. The highest BCUT2D eigenvalue weighted by Crippen LogP contribution is 2.42. The number of hydrogen-bond donors (Lipinski definition) is 1. The van der Waals surface area contributed by atoms with Gasteiger partial charge < -0.3 is 10.2 Å². The number of aromatic nitrogens is 3. The Kier molecular flexibility index (Phi) is 6.79. The van der Waals surface area contributed by atoms with Gasteiger partial charge in [-0.15, -0.1) is 11.3 Å². The van der Waals surface area contributed by atoms with Gasteiger partial charge in [0.1, 0.15) is 10.6 Å². The van der Waals surface area contributed by atoms with Gasteiger partial charge in [0.25, 0.3) is 0 Å². The number of nitrogens with one attached hydrogen (secondary N) is 1. The summed E-state index contributed by atoms with van der Waals surface area (Å²) in [5.74, 6) is 3.11. The van der Waals surface area contributed by atoms with Crippen LogP contribution in [0.5, 0.6) is 0 Å². The molecule has 1 aliphatic carbocycles. The summed E-state index contributed by atoms with van der Waals surface area (Å²) in [4.78, 5) is 33.9. The zero-order chi connectivity index (χ0) is 23.7. The molecule has 180 valence electrons. The Morgan fingerprint density at radius 3 is 2.79 bits per heavy atom. The highest BCUT2D eigenvalue weighted by atomic mass is 32.1. The molecule has 2 aliphatic rings. The first kappa shape index (κ1) is 23.2. The minimum atomic E-state index is 0.117. The lowest BCUT2D eigenvalue weighted by Gasteiger charge is -2.35. The van der Waals surface area contributed by atoms with Gasteiger partial charge >= 0.3 is 0 Å². The van der Waals surface area contributed by atoms with E-state index in [0.717, 1.165) is 73.5 Å². The van der Waals surface area contributed by atoms with E-state index in [2.05, 4.69) is 40.9 Å². The summed E-state index contributed by atoms with van der Waals surface area (Å²) < 4.78 is 0. The summed E-state index contributed by atoms with van der Waals surface area (Å²) in [6.45, 7) is 11.2. The molecule has 1 amide bonds. The summed E-state index contributed by atoms with van der Waals surface area (Å²) in [5, 5.41) is 4.29. The maximum absolute atomic E-state index is 12.3. The zero-order valence-electron chi connectivity index (χ0n) is 20.4. The van der Waals surface area contributed by atoms with Crippen molar-refractivity contribution in [2.75, 3.05) is 44.2 Å². The van der Waals surface area contributed by atoms with Gasteiger partial charge in [-0.25, -0.2) is 9.97 Å². The van der Waals surface area contributed by atoms with E-state index in [9.17, 15) is 4.79 Å². The van der Waals surface area contributed by atoms with Crippen LogP contribution in [0.3, 0.4) is 0 Å². The number of hydrogen-bond acceptors (Lipinski definition) is 7. The number of carbonyl (C=O) groups is 1. The van der Waals surface area contributed by atoms with E-state index in [0.29, 0.717) is 12.5 Å². The lowest BCUT2D eigenvalue weighted by molar-refractivity contribution is -0.122. The fourth-order valence-electron chi connectivity index (χ4n) is 4.87. The summed E-state index contributed by atoms with van der Waals surface area (Å²) >= 11 is 1.85. The van der Waals surface area contributed by atoms with Crippen LogP contribution in [0.4, 0.5) is 5.82 Å². The predicted octanol–water partition coefficient (Wildman–Crippen LogP) is 3.77. The van der Waals surface area contributed by atoms with Gasteiger partial charge in [-0.3, -0.25) is 14.7 Å². The van der Waals surface area contributed by atoms with Crippen LogP contribution in [0.1, 0.15) is 37.6 Å². The molecule has 0 saturated carbocycles. The molecule has 3 aromatic heterocycles. The Bertz CT molecular complexity index is 1150. The van der Waals surface area contributed by atoms with Crippen LogP contribution >= 0.6 is 11.3 Å². The molecule has 0 aromatic carbocycles. The van der Waals surface area contributed by atoms with Crippen molar-refractivity contribution in [3.8, 4) is 11.4 Å². The highest BCUT2D eigenvalue weighted by Gasteiger charge is 2.28. The maximum Gasteiger partial charge on any atom is 0.234 e. The van der Waals surface area contributed by atoms with Gasteiger partial charge in [-0.2, -0.15) is 0 Å². The van der Waals surface area contributed by atoms with Gasteiger partial charge in [0.2, 0.25) is 5.91 Å². The molecular weight excluding hydrogens is 444 g/mol. The molecule has 1 aliphatic heterocycles. The predicted molar refractivity (Wildman–Crippen MR) is 138 cm³/mol. The van der Waals surface area contributed by atoms with Crippen molar-refractivity contribution in [1.82, 2.24) is 25.2 Å². The first-order valence-electron chi connectivity index (χ1n) is 12.4. The maximum atomic E-state index is 12.3. The standard InChI is InChI=1S/C26H34N6OS/c1-17(2)14-28-22(33)16-31-9-11-32(12-10-31)25-23-20-7-6-18(3)13-21(20)34-26(23)30-24(29-25)19-5-4-8-27-15-19/h4-5,8,15,17-18H,6-7,9-14,16H2,1-3H3,(H,28,33). The number of anilines is 1. The number of carbonyl (C=O) groups excluding carboxylic acids is 1. The Morgan fingerprint density at radius 2 is 2.06 bits per heavy atom. The van der Waals surface area contributed by atoms with E-state index in [1.165, 1.54) is 22.2 Å². The number of nitrogens with zero attached hydrogens (tertiary/aromatic N) is 5. The molecule has 1 unspecified atom stereocenters. The second-order valence-electron chi connectivity index (χ2n) is 10.1. The van der Waals surface area contributed by atoms with Crippen molar-refractivity contribution in [3.63, 3.8) is 0 Å². The molecule has 34 heavy (non-hydrogen) atoms. The lowest BCUT2D eigenvalue weighted by atomic mass is 9.89. The van der Waals surface area contributed by atoms with E-state index >= 15 is 0 Å². The van der Waals surface area contributed by atoms with Gasteiger partial charge in [0, 0.05) is 55.6 Å². The smallest absolute Gasteiger partial charge is 0.234 e. The van der Waals surface area contributed by atoms with Gasteiger partial charge in [0.15, 0.2) is 5.82 Å². The molecule has 1 saturated heterocycles. The van der Waals surface area contributed by atoms with Crippen molar-refractivity contribution in [2.24, 2.45) is 11.8 Å². The fourth-order valence-corrected chi connectivity index (χ4v) is 6.25. The fraction of sp³-hybridized carbons (Fsp3) is 0.538. The minimum absolute atomic E-state index is 0.117. The molecule has 7 nitrogen and oxygen atoms in total. The Balaban J connectivity index is 1.41. The van der Waals surface area contributed by atoms with Crippen molar-refractivity contribution < 1.29 is 4.79 Å². The normalized spacial score (nSPS) is 18.9. The van der Waals surface area contributed by atoms with Crippen molar-refractivity contribution in [3.05, 3.63) is 35.0 Å². The van der Waals surface area contributed by atoms with Crippen LogP contribution in [-0.2, 0) is 17.6 Å². The Morgan fingerprint density at radius 1 is 1.24 bits per heavy atom. The Labute approximate surface area is 205 Å².